The van der Waals surface area contributed by atoms with Crippen molar-refractivity contribution in [3.05, 3.63) is 47.8 Å². The highest BCUT2D eigenvalue weighted by molar-refractivity contribution is 5.65. The molecule has 3 rings (SSSR count). The van der Waals surface area contributed by atoms with E-state index in [0.29, 0.717) is 22.6 Å². The standard InChI is InChI=1S/C14H11F3N4/c1-8-11(18)7-19-13-6-12(20-21(8)13)9-2-4-10(5-3-9)14(15,16)17/h2-7H,18H2,1H3. The van der Waals surface area contributed by atoms with Crippen LogP contribution in [0.25, 0.3) is 16.9 Å². The molecule has 2 N–H and O–H groups in total. The zero-order valence-corrected chi connectivity index (χ0v) is 11.0. The normalized spacial score (nSPS) is 12.0. The van der Waals surface area contributed by atoms with Crippen molar-refractivity contribution in [1.29, 1.82) is 0 Å². The summed E-state index contributed by atoms with van der Waals surface area (Å²) in [6, 6.07) is 6.56. The van der Waals surface area contributed by atoms with Crippen LogP contribution in [0.3, 0.4) is 0 Å². The molecular formula is C14H11F3N4. The van der Waals surface area contributed by atoms with Gasteiger partial charge in [0, 0.05) is 11.6 Å². The van der Waals surface area contributed by atoms with E-state index in [1.165, 1.54) is 18.3 Å². The molecular weight excluding hydrogens is 281 g/mol. The molecule has 2 aromatic heterocycles. The van der Waals surface area contributed by atoms with Crippen LogP contribution >= 0.6 is 0 Å². The highest BCUT2D eigenvalue weighted by Gasteiger charge is 2.30. The van der Waals surface area contributed by atoms with Crippen LogP contribution in [0.15, 0.2) is 36.5 Å². The lowest BCUT2D eigenvalue weighted by Gasteiger charge is -2.06. The first-order valence-corrected chi connectivity index (χ1v) is 6.15. The van der Waals surface area contributed by atoms with Crippen LogP contribution in [0.5, 0.6) is 0 Å². The Morgan fingerprint density at radius 2 is 1.81 bits per heavy atom. The van der Waals surface area contributed by atoms with Gasteiger partial charge in [-0.15, -0.1) is 0 Å². The molecule has 0 aliphatic carbocycles. The quantitative estimate of drug-likeness (QED) is 0.748. The SMILES string of the molecule is Cc1c(N)cnc2cc(-c3ccc(C(F)(F)F)cc3)nn12. The van der Waals surface area contributed by atoms with Gasteiger partial charge in [0.05, 0.1) is 28.8 Å². The molecule has 0 atom stereocenters. The number of rotatable bonds is 1. The summed E-state index contributed by atoms with van der Waals surface area (Å²) in [4.78, 5) is 4.14. The number of nitrogen functional groups attached to an aromatic ring is 1. The first kappa shape index (κ1) is 13.4. The summed E-state index contributed by atoms with van der Waals surface area (Å²) in [5.41, 5.74) is 8.03. The number of halogens is 3. The van der Waals surface area contributed by atoms with Gasteiger partial charge < -0.3 is 5.73 Å². The Morgan fingerprint density at radius 1 is 1.14 bits per heavy atom. The Bertz CT molecular complexity index is 803. The number of benzene rings is 1. The fraction of sp³-hybridized carbons (Fsp3) is 0.143. The number of nitrogens with zero attached hydrogens (tertiary/aromatic N) is 3. The van der Waals surface area contributed by atoms with E-state index in [4.69, 9.17) is 5.73 Å². The summed E-state index contributed by atoms with van der Waals surface area (Å²) in [6.07, 6.45) is -2.81. The number of aryl methyl sites for hydroxylation is 1. The molecule has 0 aliphatic rings. The van der Waals surface area contributed by atoms with Crippen LogP contribution in [0.1, 0.15) is 11.3 Å². The zero-order chi connectivity index (χ0) is 15.2. The lowest BCUT2D eigenvalue weighted by atomic mass is 10.1. The van der Waals surface area contributed by atoms with Crippen molar-refractivity contribution in [3.63, 3.8) is 0 Å². The van der Waals surface area contributed by atoms with Crippen LogP contribution in [-0.4, -0.2) is 14.6 Å². The number of hydrogen-bond donors (Lipinski definition) is 1. The number of hydrogen-bond acceptors (Lipinski definition) is 3. The Hall–Kier alpha value is -2.57. The molecule has 0 spiro atoms. The van der Waals surface area contributed by atoms with Gasteiger partial charge in [0.15, 0.2) is 5.65 Å². The van der Waals surface area contributed by atoms with Gasteiger partial charge in [-0.1, -0.05) is 12.1 Å². The molecule has 0 unspecified atom stereocenters. The molecule has 1 aromatic carbocycles. The molecule has 108 valence electrons. The van der Waals surface area contributed by atoms with Crippen LogP contribution in [-0.2, 0) is 6.18 Å². The molecule has 7 heteroatoms. The van der Waals surface area contributed by atoms with E-state index in [0.717, 1.165) is 17.8 Å². The fourth-order valence-electron chi connectivity index (χ4n) is 2.03. The molecule has 0 radical (unpaired) electrons. The third kappa shape index (κ3) is 2.31. The van der Waals surface area contributed by atoms with Crippen molar-refractivity contribution in [3.8, 4) is 11.3 Å². The van der Waals surface area contributed by atoms with Crippen molar-refractivity contribution in [1.82, 2.24) is 14.6 Å². The summed E-state index contributed by atoms with van der Waals surface area (Å²) in [6.45, 7) is 1.80. The molecule has 0 saturated heterocycles. The van der Waals surface area contributed by atoms with E-state index >= 15 is 0 Å². The predicted molar refractivity (Wildman–Crippen MR) is 72.6 cm³/mol. The number of alkyl halides is 3. The third-order valence-electron chi connectivity index (χ3n) is 3.27. The predicted octanol–water partition coefficient (Wildman–Crippen LogP) is 3.31. The maximum absolute atomic E-state index is 12.5. The van der Waals surface area contributed by atoms with Crippen LogP contribution < -0.4 is 5.73 Å². The first-order chi connectivity index (χ1) is 9.86. The van der Waals surface area contributed by atoms with E-state index in [1.54, 1.807) is 17.5 Å². The van der Waals surface area contributed by atoms with Crippen molar-refractivity contribution in [2.45, 2.75) is 13.1 Å². The van der Waals surface area contributed by atoms with Crippen LogP contribution in [0, 0.1) is 6.92 Å². The topological polar surface area (TPSA) is 56.2 Å². The Kier molecular flexibility index (Phi) is 2.86. The van der Waals surface area contributed by atoms with Gasteiger partial charge in [-0.3, -0.25) is 0 Å². The molecule has 0 saturated carbocycles. The monoisotopic (exact) mass is 292 g/mol. The first-order valence-electron chi connectivity index (χ1n) is 6.15. The lowest BCUT2D eigenvalue weighted by Crippen LogP contribution is -2.04. The second kappa shape index (κ2) is 4.47. The van der Waals surface area contributed by atoms with Gasteiger partial charge >= 0.3 is 6.18 Å². The van der Waals surface area contributed by atoms with Crippen molar-refractivity contribution >= 4 is 11.3 Å². The van der Waals surface area contributed by atoms with Gasteiger partial charge in [-0.25, -0.2) is 9.50 Å². The van der Waals surface area contributed by atoms with E-state index in [9.17, 15) is 13.2 Å². The van der Waals surface area contributed by atoms with Crippen molar-refractivity contribution < 1.29 is 13.2 Å². The third-order valence-corrected chi connectivity index (χ3v) is 3.27. The summed E-state index contributed by atoms with van der Waals surface area (Å²) in [5, 5.41) is 4.33. The fourth-order valence-corrected chi connectivity index (χ4v) is 2.03. The molecule has 0 fully saturated rings. The number of fused-ring (bicyclic) bond motifs is 1. The largest absolute Gasteiger partial charge is 0.416 e. The van der Waals surface area contributed by atoms with Gasteiger partial charge in [0.1, 0.15) is 0 Å². The minimum absolute atomic E-state index is 0.504. The van der Waals surface area contributed by atoms with E-state index in [2.05, 4.69) is 10.1 Å². The highest BCUT2D eigenvalue weighted by atomic mass is 19.4. The molecule has 0 bridgehead atoms. The van der Waals surface area contributed by atoms with Gasteiger partial charge in [-0.2, -0.15) is 18.3 Å². The minimum Gasteiger partial charge on any atom is -0.396 e. The van der Waals surface area contributed by atoms with E-state index in [1.807, 2.05) is 0 Å². The number of nitrogens with two attached hydrogens (primary N) is 1. The van der Waals surface area contributed by atoms with Gasteiger partial charge in [-0.05, 0) is 19.1 Å². The Balaban J connectivity index is 2.06. The summed E-state index contributed by atoms with van der Waals surface area (Å²) in [7, 11) is 0. The lowest BCUT2D eigenvalue weighted by molar-refractivity contribution is -0.137. The second-order valence-corrected chi connectivity index (χ2v) is 4.67. The average molecular weight is 292 g/mol. The van der Waals surface area contributed by atoms with Crippen molar-refractivity contribution in [2.75, 3.05) is 5.73 Å². The molecule has 2 heterocycles. The number of aromatic nitrogens is 3. The van der Waals surface area contributed by atoms with E-state index < -0.39 is 11.7 Å². The second-order valence-electron chi connectivity index (χ2n) is 4.67. The summed E-state index contributed by atoms with van der Waals surface area (Å²) >= 11 is 0. The number of anilines is 1. The smallest absolute Gasteiger partial charge is 0.396 e. The summed E-state index contributed by atoms with van der Waals surface area (Å²) < 4.78 is 39.2. The molecule has 21 heavy (non-hydrogen) atoms. The molecule has 3 aromatic rings. The van der Waals surface area contributed by atoms with Gasteiger partial charge in [0.2, 0.25) is 0 Å². The molecule has 4 nitrogen and oxygen atoms in total. The Labute approximate surface area is 118 Å². The van der Waals surface area contributed by atoms with Gasteiger partial charge in [0.25, 0.3) is 0 Å². The molecule has 0 amide bonds. The Morgan fingerprint density at radius 3 is 2.43 bits per heavy atom. The average Bonchev–Trinajstić information content (AvgIpc) is 2.87. The van der Waals surface area contributed by atoms with E-state index in [-0.39, 0.29) is 0 Å². The minimum atomic E-state index is -4.34. The highest BCUT2D eigenvalue weighted by Crippen LogP contribution is 2.31. The zero-order valence-electron chi connectivity index (χ0n) is 11.0. The van der Waals surface area contributed by atoms with Crippen LogP contribution in [0.4, 0.5) is 18.9 Å². The summed E-state index contributed by atoms with van der Waals surface area (Å²) in [5.74, 6) is 0. The van der Waals surface area contributed by atoms with Crippen LogP contribution in [0.2, 0.25) is 0 Å². The molecule has 0 aliphatic heterocycles. The van der Waals surface area contributed by atoms with Crippen molar-refractivity contribution in [2.24, 2.45) is 0 Å². The maximum atomic E-state index is 12.5. The maximum Gasteiger partial charge on any atom is 0.416 e.